The van der Waals surface area contributed by atoms with Gasteiger partial charge in [0, 0.05) is 29.4 Å². The zero-order valence-corrected chi connectivity index (χ0v) is 16.8. The van der Waals surface area contributed by atoms with E-state index in [9.17, 15) is 4.79 Å². The average Bonchev–Trinajstić information content (AvgIpc) is 3.21. The highest BCUT2D eigenvalue weighted by molar-refractivity contribution is 7.15. The molecule has 4 rings (SSSR count). The van der Waals surface area contributed by atoms with Crippen LogP contribution in [0.25, 0.3) is 11.4 Å². The third kappa shape index (κ3) is 5.01. The normalized spacial score (nSPS) is 10.7. The van der Waals surface area contributed by atoms with Gasteiger partial charge in [-0.1, -0.05) is 53.3 Å². The molecule has 1 amide bonds. The lowest BCUT2D eigenvalue weighted by atomic mass is 10.1. The maximum absolute atomic E-state index is 12.4. The van der Waals surface area contributed by atoms with Crippen molar-refractivity contribution in [2.45, 2.75) is 12.8 Å². The van der Waals surface area contributed by atoms with Crippen molar-refractivity contribution in [1.82, 2.24) is 20.2 Å². The summed E-state index contributed by atoms with van der Waals surface area (Å²) in [5.74, 6) is 0.204. The van der Waals surface area contributed by atoms with Crippen molar-refractivity contribution in [3.8, 4) is 11.4 Å². The summed E-state index contributed by atoms with van der Waals surface area (Å²) < 4.78 is 0. The highest BCUT2D eigenvalue weighted by Gasteiger charge is 2.12. The summed E-state index contributed by atoms with van der Waals surface area (Å²) in [5.41, 5.74) is 2.42. The number of nitrogens with one attached hydrogen (secondary N) is 1. The van der Waals surface area contributed by atoms with E-state index in [0.29, 0.717) is 21.5 Å². The minimum atomic E-state index is -0.321. The highest BCUT2D eigenvalue weighted by atomic mass is 35.5. The molecule has 0 aliphatic carbocycles. The second-order valence-corrected chi connectivity index (χ2v) is 7.74. The van der Waals surface area contributed by atoms with Crippen molar-refractivity contribution < 1.29 is 4.79 Å². The summed E-state index contributed by atoms with van der Waals surface area (Å²) in [6.07, 6.45) is 4.63. The van der Waals surface area contributed by atoms with Gasteiger partial charge in [0.15, 0.2) is 5.82 Å². The van der Waals surface area contributed by atoms with Crippen molar-refractivity contribution >= 4 is 34.0 Å². The SMILES string of the molecule is O=C(Nc1nnc(CCc2ccccc2)s1)c1cnc(-c2ccc(Cl)cc2)nc1. The Labute approximate surface area is 176 Å². The summed E-state index contributed by atoms with van der Waals surface area (Å²) >= 11 is 7.26. The molecule has 29 heavy (non-hydrogen) atoms. The monoisotopic (exact) mass is 421 g/mol. The van der Waals surface area contributed by atoms with Crippen molar-refractivity contribution in [1.29, 1.82) is 0 Å². The Bertz CT molecular complexity index is 1100. The summed E-state index contributed by atoms with van der Waals surface area (Å²) in [6, 6.07) is 17.4. The van der Waals surface area contributed by atoms with E-state index in [1.807, 2.05) is 30.3 Å². The van der Waals surface area contributed by atoms with Crippen LogP contribution in [0.15, 0.2) is 67.0 Å². The van der Waals surface area contributed by atoms with Crippen LogP contribution in [0.5, 0.6) is 0 Å². The van der Waals surface area contributed by atoms with Crippen LogP contribution in [0.2, 0.25) is 5.02 Å². The van der Waals surface area contributed by atoms with Gasteiger partial charge >= 0.3 is 0 Å². The van der Waals surface area contributed by atoms with Crippen molar-refractivity contribution in [3.05, 3.63) is 88.1 Å². The Balaban J connectivity index is 1.36. The van der Waals surface area contributed by atoms with Crippen molar-refractivity contribution in [3.63, 3.8) is 0 Å². The zero-order chi connectivity index (χ0) is 20.1. The predicted molar refractivity (Wildman–Crippen MR) is 114 cm³/mol. The van der Waals surface area contributed by atoms with Crippen LogP contribution in [0, 0.1) is 0 Å². The molecule has 0 radical (unpaired) electrons. The molecule has 2 aromatic heterocycles. The lowest BCUT2D eigenvalue weighted by Crippen LogP contribution is -2.12. The smallest absolute Gasteiger partial charge is 0.260 e. The van der Waals surface area contributed by atoms with Gasteiger partial charge in [-0.25, -0.2) is 9.97 Å². The summed E-state index contributed by atoms with van der Waals surface area (Å²) in [5, 5.41) is 12.9. The van der Waals surface area contributed by atoms with Gasteiger partial charge in [-0.2, -0.15) is 0 Å². The number of carbonyl (C=O) groups is 1. The minimum absolute atomic E-state index is 0.321. The molecule has 0 unspecified atom stereocenters. The first kappa shape index (κ1) is 19.2. The van der Waals surface area contributed by atoms with E-state index in [0.717, 1.165) is 23.4 Å². The van der Waals surface area contributed by atoms with Gasteiger partial charge in [-0.3, -0.25) is 10.1 Å². The molecule has 0 aliphatic rings. The Morgan fingerprint density at radius 1 is 0.931 bits per heavy atom. The molecule has 0 fully saturated rings. The van der Waals surface area contributed by atoms with Crippen LogP contribution in [-0.2, 0) is 12.8 Å². The molecular formula is C21H16ClN5OS. The number of aromatic nitrogens is 4. The van der Waals surface area contributed by atoms with Gasteiger partial charge in [0.1, 0.15) is 5.01 Å². The first-order valence-corrected chi connectivity index (χ1v) is 10.1. The number of amides is 1. The topological polar surface area (TPSA) is 80.7 Å². The number of rotatable bonds is 6. The minimum Gasteiger partial charge on any atom is -0.296 e. The fraction of sp³-hybridized carbons (Fsp3) is 0.0952. The second-order valence-electron chi connectivity index (χ2n) is 6.24. The fourth-order valence-electron chi connectivity index (χ4n) is 2.66. The van der Waals surface area contributed by atoms with Gasteiger partial charge in [0.05, 0.1) is 5.56 Å². The Hall–Kier alpha value is -3.16. The third-order valence-corrected chi connectivity index (χ3v) is 5.32. The molecule has 0 spiro atoms. The van der Waals surface area contributed by atoms with Crippen molar-refractivity contribution in [2.24, 2.45) is 0 Å². The fourth-order valence-corrected chi connectivity index (χ4v) is 3.52. The molecule has 6 nitrogen and oxygen atoms in total. The maximum Gasteiger partial charge on any atom is 0.260 e. The van der Waals surface area contributed by atoms with Gasteiger partial charge in [0.2, 0.25) is 5.13 Å². The quantitative estimate of drug-likeness (QED) is 0.488. The zero-order valence-electron chi connectivity index (χ0n) is 15.2. The molecule has 0 saturated carbocycles. The standard InChI is InChI=1S/C21H16ClN5OS/c22-17-9-7-15(8-10-17)19-23-12-16(13-24-19)20(28)25-21-27-26-18(29-21)11-6-14-4-2-1-3-5-14/h1-5,7-10,12-13H,6,11H2,(H,25,27,28). The van der Waals surface area contributed by atoms with Crippen molar-refractivity contribution in [2.75, 3.05) is 5.32 Å². The van der Waals surface area contributed by atoms with E-state index in [-0.39, 0.29) is 5.91 Å². The number of aryl methyl sites for hydroxylation is 2. The molecule has 0 saturated heterocycles. The largest absolute Gasteiger partial charge is 0.296 e. The number of benzene rings is 2. The van der Waals surface area contributed by atoms with Crippen LogP contribution in [0.1, 0.15) is 20.9 Å². The Morgan fingerprint density at radius 3 is 2.38 bits per heavy atom. The first-order valence-electron chi connectivity index (χ1n) is 8.93. The average molecular weight is 422 g/mol. The van der Waals surface area contributed by atoms with Gasteiger partial charge in [-0.15, -0.1) is 10.2 Å². The molecule has 4 aromatic rings. The third-order valence-electron chi connectivity index (χ3n) is 4.17. The van der Waals surface area contributed by atoms with E-state index in [4.69, 9.17) is 11.6 Å². The van der Waals surface area contributed by atoms with Gasteiger partial charge < -0.3 is 0 Å². The maximum atomic E-state index is 12.4. The molecule has 0 atom stereocenters. The van der Waals surface area contributed by atoms with Crippen LogP contribution in [0.4, 0.5) is 5.13 Å². The first-order chi connectivity index (χ1) is 14.2. The second kappa shape index (κ2) is 8.89. The summed E-state index contributed by atoms with van der Waals surface area (Å²) in [4.78, 5) is 20.9. The van der Waals surface area contributed by atoms with Gasteiger partial charge in [-0.05, 0) is 36.2 Å². The van der Waals surface area contributed by atoms with E-state index >= 15 is 0 Å². The number of nitrogens with zero attached hydrogens (tertiary/aromatic N) is 4. The Morgan fingerprint density at radius 2 is 1.66 bits per heavy atom. The molecule has 1 N–H and O–H groups in total. The van der Waals surface area contributed by atoms with E-state index in [2.05, 4.69) is 37.6 Å². The molecule has 2 heterocycles. The number of hydrogen-bond donors (Lipinski definition) is 1. The summed E-state index contributed by atoms with van der Waals surface area (Å²) in [7, 11) is 0. The lowest BCUT2D eigenvalue weighted by Gasteiger charge is -2.03. The number of carbonyl (C=O) groups excluding carboxylic acids is 1. The van der Waals surface area contributed by atoms with E-state index < -0.39 is 0 Å². The van der Waals surface area contributed by atoms with Crippen LogP contribution < -0.4 is 5.32 Å². The number of hydrogen-bond acceptors (Lipinski definition) is 6. The molecular weight excluding hydrogens is 406 g/mol. The lowest BCUT2D eigenvalue weighted by molar-refractivity contribution is 0.102. The van der Waals surface area contributed by atoms with Crippen LogP contribution >= 0.6 is 22.9 Å². The van der Waals surface area contributed by atoms with Crippen LogP contribution in [0.3, 0.4) is 0 Å². The molecule has 0 bridgehead atoms. The highest BCUT2D eigenvalue weighted by Crippen LogP contribution is 2.20. The predicted octanol–water partition coefficient (Wildman–Crippen LogP) is 4.69. The van der Waals surface area contributed by atoms with E-state index in [1.165, 1.54) is 29.3 Å². The number of anilines is 1. The molecule has 8 heteroatoms. The van der Waals surface area contributed by atoms with Crippen LogP contribution in [-0.4, -0.2) is 26.1 Å². The molecule has 0 aliphatic heterocycles. The summed E-state index contributed by atoms with van der Waals surface area (Å²) in [6.45, 7) is 0. The Kier molecular flexibility index (Phi) is 5.88. The van der Waals surface area contributed by atoms with E-state index in [1.54, 1.807) is 12.1 Å². The van der Waals surface area contributed by atoms with Gasteiger partial charge in [0.25, 0.3) is 5.91 Å². The molecule has 2 aromatic carbocycles. The number of halogens is 1. The molecule has 144 valence electrons.